The van der Waals surface area contributed by atoms with Crippen LogP contribution in [0.1, 0.15) is 18.9 Å². The summed E-state index contributed by atoms with van der Waals surface area (Å²) in [5, 5.41) is 11.0. The first-order valence-corrected chi connectivity index (χ1v) is 9.58. The fourth-order valence-electron chi connectivity index (χ4n) is 2.24. The highest BCUT2D eigenvalue weighted by molar-refractivity contribution is 7.93. The molecule has 2 aromatic carbocycles. The number of fused-ring (bicyclic) bond motifs is 1. The van der Waals surface area contributed by atoms with E-state index in [0.717, 1.165) is 22.2 Å². The average molecular weight is 347 g/mol. The Kier molecular flexibility index (Phi) is 4.32. The van der Waals surface area contributed by atoms with E-state index in [0.29, 0.717) is 11.0 Å². The molecule has 0 unspecified atom stereocenters. The molecule has 7 heteroatoms. The van der Waals surface area contributed by atoms with E-state index in [1.807, 2.05) is 24.3 Å². The Morgan fingerprint density at radius 3 is 2.57 bits per heavy atom. The molecule has 0 amide bonds. The summed E-state index contributed by atoms with van der Waals surface area (Å²) < 4.78 is 27.5. The molecule has 0 spiro atoms. The fraction of sp³-hybridized carbons (Fsp3) is 0.250. The van der Waals surface area contributed by atoms with Crippen LogP contribution >= 0.6 is 11.3 Å². The second-order valence-corrected chi connectivity index (χ2v) is 8.46. The lowest BCUT2D eigenvalue weighted by Gasteiger charge is -2.06. The van der Waals surface area contributed by atoms with Gasteiger partial charge in [0.1, 0.15) is 5.01 Å². The molecule has 3 rings (SSSR count). The lowest BCUT2D eigenvalue weighted by atomic mass is 10.1. The van der Waals surface area contributed by atoms with Gasteiger partial charge in [-0.15, -0.1) is 10.2 Å². The number of aromatic nitrogens is 2. The molecule has 1 N–H and O–H groups in total. The summed E-state index contributed by atoms with van der Waals surface area (Å²) in [6.07, 6.45) is 0.787. The molecule has 3 aromatic rings. The summed E-state index contributed by atoms with van der Waals surface area (Å²) in [5.74, 6) is 0.452. The molecule has 1 aromatic heterocycles. The lowest BCUT2D eigenvalue weighted by molar-refractivity contribution is 0.601. The number of benzene rings is 2. The van der Waals surface area contributed by atoms with Crippen LogP contribution < -0.4 is 4.72 Å². The van der Waals surface area contributed by atoms with Crippen molar-refractivity contribution >= 4 is 37.3 Å². The molecule has 0 bridgehead atoms. The second kappa shape index (κ2) is 6.25. The molecule has 0 saturated carbocycles. The Morgan fingerprint density at radius 1 is 1.09 bits per heavy atom. The highest BCUT2D eigenvalue weighted by Gasteiger charge is 2.17. The highest BCUT2D eigenvalue weighted by atomic mass is 32.2. The van der Waals surface area contributed by atoms with Crippen LogP contribution in [0.25, 0.3) is 10.8 Å². The third-order valence-corrected chi connectivity index (χ3v) is 5.63. The van der Waals surface area contributed by atoms with Gasteiger partial charge in [-0.2, -0.15) is 0 Å². The summed E-state index contributed by atoms with van der Waals surface area (Å²) in [7, 11) is -3.66. The van der Waals surface area contributed by atoms with Crippen LogP contribution in [0.2, 0.25) is 0 Å². The number of sulfonamides is 1. The first kappa shape index (κ1) is 15.9. The first-order chi connectivity index (χ1) is 10.9. The van der Waals surface area contributed by atoms with Gasteiger partial charge in [-0.1, -0.05) is 55.5 Å². The van der Waals surface area contributed by atoms with E-state index in [2.05, 4.69) is 28.8 Å². The molecule has 120 valence electrons. The normalized spacial score (nSPS) is 12.0. The third-order valence-electron chi connectivity index (χ3n) is 3.30. The van der Waals surface area contributed by atoms with Crippen LogP contribution in [-0.4, -0.2) is 18.6 Å². The number of nitrogens with zero attached hydrogens (tertiary/aromatic N) is 2. The van der Waals surface area contributed by atoms with Crippen LogP contribution in [0.15, 0.2) is 47.4 Å². The Hall–Kier alpha value is -1.99. The van der Waals surface area contributed by atoms with Crippen molar-refractivity contribution in [3.8, 4) is 0 Å². The minimum absolute atomic E-state index is 0.219. The smallest absolute Gasteiger partial charge is 0.253 e. The topological polar surface area (TPSA) is 72.0 Å². The molecule has 1 heterocycles. The molecular weight excluding hydrogens is 330 g/mol. The predicted molar refractivity (Wildman–Crippen MR) is 93.2 cm³/mol. The molecule has 0 fully saturated rings. The first-order valence-electron chi connectivity index (χ1n) is 7.28. The van der Waals surface area contributed by atoms with Crippen molar-refractivity contribution in [2.24, 2.45) is 5.92 Å². The van der Waals surface area contributed by atoms with E-state index < -0.39 is 10.0 Å². The highest BCUT2D eigenvalue weighted by Crippen LogP contribution is 2.24. The Labute approximate surface area is 139 Å². The molecule has 0 atom stereocenters. The van der Waals surface area contributed by atoms with Gasteiger partial charge in [-0.3, -0.25) is 4.72 Å². The number of hydrogen-bond acceptors (Lipinski definition) is 5. The van der Waals surface area contributed by atoms with Crippen molar-refractivity contribution in [1.82, 2.24) is 10.2 Å². The van der Waals surface area contributed by atoms with Gasteiger partial charge in [0.05, 0.1) is 4.90 Å². The summed E-state index contributed by atoms with van der Waals surface area (Å²) in [4.78, 5) is 0.219. The van der Waals surface area contributed by atoms with E-state index in [9.17, 15) is 8.42 Å². The minimum Gasteiger partial charge on any atom is -0.253 e. The van der Waals surface area contributed by atoms with Crippen molar-refractivity contribution in [2.45, 2.75) is 25.2 Å². The zero-order valence-electron chi connectivity index (χ0n) is 12.9. The maximum Gasteiger partial charge on any atom is 0.263 e. The second-order valence-electron chi connectivity index (χ2n) is 5.71. The van der Waals surface area contributed by atoms with Crippen molar-refractivity contribution in [3.63, 3.8) is 0 Å². The fourth-order valence-corrected chi connectivity index (χ4v) is 4.45. The number of hydrogen-bond donors (Lipinski definition) is 1. The SMILES string of the molecule is CC(C)Cc1nnc(NS(=O)(=O)c2ccc3ccccc3c2)s1. The summed E-state index contributed by atoms with van der Waals surface area (Å²) in [6, 6.07) is 12.7. The molecule has 0 aliphatic heterocycles. The van der Waals surface area contributed by atoms with E-state index in [1.165, 1.54) is 11.3 Å². The lowest BCUT2D eigenvalue weighted by Crippen LogP contribution is -2.12. The Balaban J connectivity index is 1.86. The van der Waals surface area contributed by atoms with Gasteiger partial charge in [0.15, 0.2) is 0 Å². The zero-order valence-corrected chi connectivity index (χ0v) is 14.5. The molecule has 0 aliphatic carbocycles. The van der Waals surface area contributed by atoms with Crippen LogP contribution in [-0.2, 0) is 16.4 Å². The van der Waals surface area contributed by atoms with Crippen molar-refractivity contribution in [1.29, 1.82) is 0 Å². The van der Waals surface area contributed by atoms with Gasteiger partial charge in [-0.05, 0) is 28.8 Å². The van der Waals surface area contributed by atoms with Crippen molar-refractivity contribution in [2.75, 3.05) is 4.72 Å². The molecule has 0 radical (unpaired) electrons. The van der Waals surface area contributed by atoms with Gasteiger partial charge in [0.2, 0.25) is 5.13 Å². The van der Waals surface area contributed by atoms with Gasteiger partial charge >= 0.3 is 0 Å². The van der Waals surface area contributed by atoms with Crippen LogP contribution in [0.4, 0.5) is 5.13 Å². The molecule has 5 nitrogen and oxygen atoms in total. The largest absolute Gasteiger partial charge is 0.263 e. The Bertz CT molecular complexity index is 933. The molecule has 0 aliphatic rings. The average Bonchev–Trinajstić information content (AvgIpc) is 2.92. The van der Waals surface area contributed by atoms with Crippen LogP contribution in [0, 0.1) is 5.92 Å². The monoisotopic (exact) mass is 347 g/mol. The van der Waals surface area contributed by atoms with Gasteiger partial charge in [-0.25, -0.2) is 8.42 Å². The Morgan fingerprint density at radius 2 is 1.83 bits per heavy atom. The van der Waals surface area contributed by atoms with Crippen molar-refractivity contribution in [3.05, 3.63) is 47.5 Å². The molecular formula is C16H17N3O2S2. The quantitative estimate of drug-likeness (QED) is 0.764. The van der Waals surface area contributed by atoms with E-state index >= 15 is 0 Å². The maximum atomic E-state index is 12.5. The third kappa shape index (κ3) is 3.68. The maximum absolute atomic E-state index is 12.5. The predicted octanol–water partition coefficient (Wildman–Crippen LogP) is 3.69. The standard InChI is InChI=1S/C16H17N3O2S2/c1-11(2)9-15-17-18-16(22-15)19-23(20,21)14-8-7-12-5-3-4-6-13(12)10-14/h3-8,10-11H,9H2,1-2H3,(H,18,19). The summed E-state index contributed by atoms with van der Waals surface area (Å²) in [5.41, 5.74) is 0. The van der Waals surface area contributed by atoms with E-state index in [4.69, 9.17) is 0 Å². The number of anilines is 1. The van der Waals surface area contributed by atoms with Crippen LogP contribution in [0.3, 0.4) is 0 Å². The minimum atomic E-state index is -3.66. The molecule has 0 saturated heterocycles. The van der Waals surface area contributed by atoms with Gasteiger partial charge in [0.25, 0.3) is 10.0 Å². The van der Waals surface area contributed by atoms with E-state index in [1.54, 1.807) is 18.2 Å². The zero-order chi connectivity index (χ0) is 16.4. The number of nitrogens with one attached hydrogen (secondary N) is 1. The number of rotatable bonds is 5. The van der Waals surface area contributed by atoms with Gasteiger partial charge in [0, 0.05) is 6.42 Å². The van der Waals surface area contributed by atoms with Crippen LogP contribution in [0.5, 0.6) is 0 Å². The van der Waals surface area contributed by atoms with Crippen molar-refractivity contribution < 1.29 is 8.42 Å². The summed E-state index contributed by atoms with van der Waals surface area (Å²) in [6.45, 7) is 4.17. The summed E-state index contributed by atoms with van der Waals surface area (Å²) >= 11 is 1.27. The molecule has 23 heavy (non-hydrogen) atoms. The van der Waals surface area contributed by atoms with E-state index in [-0.39, 0.29) is 4.90 Å². The van der Waals surface area contributed by atoms with Gasteiger partial charge < -0.3 is 0 Å².